The van der Waals surface area contributed by atoms with Gasteiger partial charge in [-0.1, -0.05) is 30.3 Å². The molecule has 2 aliphatic heterocycles. The average molecular weight is 452 g/mol. The van der Waals surface area contributed by atoms with Crippen molar-refractivity contribution in [3.05, 3.63) is 65.0 Å². The second-order valence-corrected chi connectivity index (χ2v) is 11.0. The van der Waals surface area contributed by atoms with E-state index in [1.165, 1.54) is 11.1 Å². The predicted molar refractivity (Wildman–Crippen MR) is 126 cm³/mol. The maximum atomic E-state index is 14.2. The second kappa shape index (κ2) is 8.43. The molecule has 3 aliphatic rings. The Morgan fingerprint density at radius 1 is 1.15 bits per heavy atom. The molecule has 1 spiro atoms. The number of ether oxygens (including phenoxy) is 2. The van der Waals surface area contributed by atoms with E-state index in [9.17, 15) is 9.18 Å². The third-order valence-corrected chi connectivity index (χ3v) is 7.47. The van der Waals surface area contributed by atoms with Gasteiger partial charge in [0.2, 0.25) is 0 Å². The molecule has 4 nitrogen and oxygen atoms in total. The fourth-order valence-electron chi connectivity index (χ4n) is 5.56. The number of nitrogens with zero attached hydrogens (tertiary/aromatic N) is 1. The fraction of sp³-hybridized carbons (Fsp3) is 0.536. The summed E-state index contributed by atoms with van der Waals surface area (Å²) < 4.78 is 25.8. The molecule has 176 valence electrons. The molecule has 2 atom stereocenters. The van der Waals surface area contributed by atoms with E-state index in [0.29, 0.717) is 12.3 Å². The van der Waals surface area contributed by atoms with E-state index in [4.69, 9.17) is 9.47 Å². The molecule has 0 radical (unpaired) electrons. The van der Waals surface area contributed by atoms with Crippen molar-refractivity contribution in [3.8, 4) is 5.75 Å². The van der Waals surface area contributed by atoms with Gasteiger partial charge in [0.05, 0.1) is 13.0 Å². The molecule has 2 heterocycles. The van der Waals surface area contributed by atoms with Crippen LogP contribution >= 0.6 is 0 Å². The lowest BCUT2D eigenvalue weighted by molar-refractivity contribution is -0.155. The highest BCUT2D eigenvalue weighted by Gasteiger charge is 2.45. The van der Waals surface area contributed by atoms with Crippen molar-refractivity contribution >= 4 is 5.97 Å². The minimum atomic E-state index is -0.428. The first-order valence-corrected chi connectivity index (χ1v) is 12.2. The number of hydrogen-bond donors (Lipinski definition) is 0. The molecule has 1 saturated carbocycles. The largest absolute Gasteiger partial charge is 0.492 e. The smallest absolute Gasteiger partial charge is 0.307 e. The SMILES string of the molecule is CC(C)(C)OC(=O)CCN1CCC2(CC1)COc1cc(C3CC3c3ccccc3F)ccc12. The van der Waals surface area contributed by atoms with Crippen LogP contribution in [0.15, 0.2) is 42.5 Å². The normalized spacial score (nSPS) is 23.8. The standard InChI is InChI=1S/C28H34FNO3/c1-27(2,3)33-26(31)10-13-30-14-11-28(12-15-30)18-32-25-16-19(8-9-23(25)28)21-17-22(21)20-6-4-5-7-24(20)29/h4-9,16,21-22H,10-15,17-18H2,1-3H3. The summed E-state index contributed by atoms with van der Waals surface area (Å²) >= 11 is 0. The number of carbonyl (C=O) groups excluding carboxylic acids is 1. The number of piperidine rings is 1. The number of hydrogen-bond acceptors (Lipinski definition) is 4. The molecule has 5 heteroatoms. The zero-order valence-corrected chi connectivity index (χ0v) is 19.9. The molecule has 0 bridgehead atoms. The van der Waals surface area contributed by atoms with Crippen molar-refractivity contribution in [1.29, 1.82) is 0 Å². The van der Waals surface area contributed by atoms with Crippen LogP contribution in [-0.2, 0) is 14.9 Å². The second-order valence-electron chi connectivity index (χ2n) is 11.0. The number of benzene rings is 2. The minimum absolute atomic E-state index is 0.0742. The van der Waals surface area contributed by atoms with Crippen LogP contribution in [0, 0.1) is 5.82 Å². The molecular weight excluding hydrogens is 417 g/mol. The summed E-state index contributed by atoms with van der Waals surface area (Å²) in [5.41, 5.74) is 3.06. The van der Waals surface area contributed by atoms with Crippen LogP contribution in [0.1, 0.15) is 75.0 Å². The van der Waals surface area contributed by atoms with Gasteiger partial charge >= 0.3 is 5.97 Å². The Morgan fingerprint density at radius 3 is 2.64 bits per heavy atom. The van der Waals surface area contributed by atoms with Gasteiger partial charge in [0.25, 0.3) is 0 Å². The maximum absolute atomic E-state index is 14.2. The van der Waals surface area contributed by atoms with Crippen LogP contribution in [0.2, 0.25) is 0 Å². The molecule has 1 aliphatic carbocycles. The Balaban J connectivity index is 1.19. The van der Waals surface area contributed by atoms with Crippen molar-refractivity contribution in [2.24, 2.45) is 0 Å². The van der Waals surface area contributed by atoms with Crippen LogP contribution in [0.3, 0.4) is 0 Å². The first-order valence-electron chi connectivity index (χ1n) is 12.2. The summed E-state index contributed by atoms with van der Waals surface area (Å²) in [6.45, 7) is 9.12. The molecule has 33 heavy (non-hydrogen) atoms. The van der Waals surface area contributed by atoms with Gasteiger partial charge in [-0.3, -0.25) is 4.79 Å². The Hall–Kier alpha value is -2.40. The minimum Gasteiger partial charge on any atom is -0.492 e. The highest BCUT2D eigenvalue weighted by molar-refractivity contribution is 5.70. The molecule has 2 unspecified atom stereocenters. The number of carbonyl (C=O) groups is 1. The summed E-state index contributed by atoms with van der Waals surface area (Å²) in [5.74, 6) is 1.43. The lowest BCUT2D eigenvalue weighted by Gasteiger charge is -2.38. The van der Waals surface area contributed by atoms with Crippen LogP contribution in [-0.4, -0.2) is 42.7 Å². The van der Waals surface area contributed by atoms with E-state index >= 15 is 0 Å². The Labute approximate surface area is 196 Å². The highest BCUT2D eigenvalue weighted by atomic mass is 19.1. The van der Waals surface area contributed by atoms with Crippen molar-refractivity contribution < 1.29 is 18.7 Å². The van der Waals surface area contributed by atoms with Crippen LogP contribution in [0.25, 0.3) is 0 Å². The number of esters is 1. The van der Waals surface area contributed by atoms with Crippen molar-refractivity contribution in [2.75, 3.05) is 26.2 Å². The van der Waals surface area contributed by atoms with E-state index in [1.807, 2.05) is 32.9 Å². The fourth-order valence-corrected chi connectivity index (χ4v) is 5.56. The molecule has 0 amide bonds. The van der Waals surface area contributed by atoms with Gasteiger partial charge in [0, 0.05) is 17.5 Å². The summed E-state index contributed by atoms with van der Waals surface area (Å²) in [6.07, 6.45) is 3.51. The Bertz CT molecular complexity index is 1040. The van der Waals surface area contributed by atoms with Crippen molar-refractivity contribution in [3.63, 3.8) is 0 Å². The Kier molecular flexibility index (Phi) is 5.72. The monoisotopic (exact) mass is 451 g/mol. The molecular formula is C28H34FNO3. The quantitative estimate of drug-likeness (QED) is 0.559. The van der Waals surface area contributed by atoms with Gasteiger partial charge in [-0.25, -0.2) is 4.39 Å². The van der Waals surface area contributed by atoms with Gasteiger partial charge < -0.3 is 14.4 Å². The molecule has 0 N–H and O–H groups in total. The third kappa shape index (κ3) is 4.65. The molecule has 0 aromatic heterocycles. The summed E-state index contributed by atoms with van der Waals surface area (Å²) in [5, 5.41) is 0. The van der Waals surface area contributed by atoms with E-state index in [-0.39, 0.29) is 23.1 Å². The topological polar surface area (TPSA) is 38.8 Å². The number of rotatable bonds is 5. The van der Waals surface area contributed by atoms with Crippen molar-refractivity contribution in [2.45, 2.75) is 69.3 Å². The molecule has 1 saturated heterocycles. The first kappa shape index (κ1) is 22.4. The van der Waals surface area contributed by atoms with Gasteiger partial charge in [0.1, 0.15) is 17.2 Å². The summed E-state index contributed by atoms with van der Waals surface area (Å²) in [7, 11) is 0. The number of fused-ring (bicyclic) bond motifs is 2. The summed E-state index contributed by atoms with van der Waals surface area (Å²) in [6, 6.07) is 13.8. The summed E-state index contributed by atoms with van der Waals surface area (Å²) in [4.78, 5) is 14.4. The van der Waals surface area contributed by atoms with E-state index in [2.05, 4.69) is 23.1 Å². The van der Waals surface area contributed by atoms with Gasteiger partial charge in [-0.15, -0.1) is 0 Å². The Morgan fingerprint density at radius 2 is 1.91 bits per heavy atom. The van der Waals surface area contributed by atoms with Crippen LogP contribution in [0.5, 0.6) is 5.75 Å². The maximum Gasteiger partial charge on any atom is 0.307 e. The molecule has 2 fully saturated rings. The average Bonchev–Trinajstić information content (AvgIpc) is 3.49. The zero-order chi connectivity index (χ0) is 23.2. The molecule has 2 aromatic carbocycles. The van der Waals surface area contributed by atoms with Gasteiger partial charge in [0.15, 0.2) is 0 Å². The van der Waals surface area contributed by atoms with E-state index in [1.54, 1.807) is 12.1 Å². The molecule has 2 aromatic rings. The highest BCUT2D eigenvalue weighted by Crippen LogP contribution is 2.56. The van der Waals surface area contributed by atoms with Gasteiger partial charge in [-0.05, 0) is 88.2 Å². The van der Waals surface area contributed by atoms with E-state index < -0.39 is 5.60 Å². The predicted octanol–water partition coefficient (Wildman–Crippen LogP) is 5.55. The van der Waals surface area contributed by atoms with E-state index in [0.717, 1.165) is 56.8 Å². The molecule has 5 rings (SSSR count). The van der Waals surface area contributed by atoms with Crippen molar-refractivity contribution in [1.82, 2.24) is 4.90 Å². The third-order valence-electron chi connectivity index (χ3n) is 7.47. The first-order chi connectivity index (χ1) is 15.7. The number of halogens is 1. The van der Waals surface area contributed by atoms with Gasteiger partial charge in [-0.2, -0.15) is 0 Å². The van der Waals surface area contributed by atoms with Crippen LogP contribution in [0.4, 0.5) is 4.39 Å². The number of likely N-dealkylation sites (tertiary alicyclic amines) is 1. The lowest BCUT2D eigenvalue weighted by atomic mass is 9.74. The lowest BCUT2D eigenvalue weighted by Crippen LogP contribution is -2.44. The van der Waals surface area contributed by atoms with Crippen LogP contribution < -0.4 is 4.74 Å². The zero-order valence-electron chi connectivity index (χ0n) is 19.9.